The van der Waals surface area contributed by atoms with E-state index in [1.807, 2.05) is 6.92 Å². The number of aliphatic hydroxyl groups excluding tert-OH is 1. The number of carbonyl (C=O) groups is 1. The van der Waals surface area contributed by atoms with Gasteiger partial charge in [-0.15, -0.1) is 0 Å². The lowest BCUT2D eigenvalue weighted by Crippen LogP contribution is -2.36. The van der Waals surface area contributed by atoms with Crippen LogP contribution in [0.3, 0.4) is 0 Å². The number of hydrogen-bond donors (Lipinski definition) is 1. The van der Waals surface area contributed by atoms with Crippen LogP contribution >= 0.6 is 0 Å². The third kappa shape index (κ3) is 4.94. The van der Waals surface area contributed by atoms with Gasteiger partial charge in [0.15, 0.2) is 0 Å². The van der Waals surface area contributed by atoms with Gasteiger partial charge in [0.1, 0.15) is 0 Å². The maximum atomic E-state index is 11.5. The number of carbonyl (C=O) groups excluding carboxylic acids is 1. The van der Waals surface area contributed by atoms with Crippen molar-refractivity contribution in [3.63, 3.8) is 0 Å². The number of hydrogen-bond acceptors (Lipinski definition) is 4. The van der Waals surface area contributed by atoms with Crippen molar-refractivity contribution in [3.8, 4) is 0 Å². The Morgan fingerprint density at radius 2 is 2.00 bits per heavy atom. The molecule has 1 N–H and O–H groups in total. The highest BCUT2D eigenvalue weighted by atomic mass is 16.5. The minimum atomic E-state index is -0.695. The summed E-state index contributed by atoms with van der Waals surface area (Å²) in [6, 6.07) is 0. The molecule has 0 amide bonds. The van der Waals surface area contributed by atoms with Crippen LogP contribution in [-0.2, 0) is 14.3 Å². The zero-order valence-corrected chi connectivity index (χ0v) is 10.7. The van der Waals surface area contributed by atoms with Gasteiger partial charge < -0.3 is 14.6 Å². The predicted octanol–water partition coefficient (Wildman–Crippen LogP) is 1.61. The van der Waals surface area contributed by atoms with Gasteiger partial charge in [-0.25, -0.2) is 0 Å². The second-order valence-corrected chi connectivity index (χ2v) is 4.20. The van der Waals surface area contributed by atoms with Crippen LogP contribution in [0.5, 0.6) is 0 Å². The molecule has 3 atom stereocenters. The topological polar surface area (TPSA) is 55.8 Å². The fourth-order valence-corrected chi connectivity index (χ4v) is 1.76. The summed E-state index contributed by atoms with van der Waals surface area (Å²) in [6.07, 6.45) is 1.88. The minimum absolute atomic E-state index is 0.0639. The van der Waals surface area contributed by atoms with Crippen molar-refractivity contribution in [2.45, 2.75) is 39.2 Å². The number of aliphatic hydroxyl groups is 1. The van der Waals surface area contributed by atoms with E-state index in [0.29, 0.717) is 13.0 Å². The molecule has 0 aliphatic rings. The van der Waals surface area contributed by atoms with Gasteiger partial charge in [-0.05, 0) is 6.42 Å². The molecule has 96 valence electrons. The molecule has 0 heterocycles. The molecule has 16 heavy (non-hydrogen) atoms. The third-order valence-electron chi connectivity index (χ3n) is 2.80. The van der Waals surface area contributed by atoms with Gasteiger partial charge >= 0.3 is 5.97 Å². The van der Waals surface area contributed by atoms with Gasteiger partial charge in [0.05, 0.1) is 25.7 Å². The van der Waals surface area contributed by atoms with E-state index in [0.717, 1.165) is 12.8 Å². The lowest BCUT2D eigenvalue weighted by atomic mass is 9.88. The zero-order chi connectivity index (χ0) is 12.6. The van der Waals surface area contributed by atoms with Crippen LogP contribution in [0, 0.1) is 11.8 Å². The predicted molar refractivity (Wildman–Crippen MR) is 62.1 cm³/mol. The van der Waals surface area contributed by atoms with Gasteiger partial charge in [-0.1, -0.05) is 26.7 Å². The van der Waals surface area contributed by atoms with E-state index in [1.165, 1.54) is 7.11 Å². The smallest absolute Gasteiger partial charge is 0.311 e. The summed E-state index contributed by atoms with van der Waals surface area (Å²) in [5.41, 5.74) is 0. The van der Waals surface area contributed by atoms with Crippen LogP contribution in [0.1, 0.15) is 33.1 Å². The number of ether oxygens (including phenoxy) is 2. The van der Waals surface area contributed by atoms with Crippen molar-refractivity contribution in [2.24, 2.45) is 11.8 Å². The van der Waals surface area contributed by atoms with Crippen LogP contribution in [0.25, 0.3) is 0 Å². The van der Waals surface area contributed by atoms with Gasteiger partial charge in [-0.3, -0.25) is 4.79 Å². The number of rotatable bonds is 8. The standard InChI is InChI=1S/C12H24O4/c1-5-6-7-10(12(14)16-4)11(13)9(2)8-15-3/h9-11,13H,5-8H2,1-4H3. The average molecular weight is 232 g/mol. The Kier molecular flexibility index (Phi) is 8.21. The Hall–Kier alpha value is -0.610. The molecule has 3 unspecified atom stereocenters. The highest BCUT2D eigenvalue weighted by Gasteiger charge is 2.30. The van der Waals surface area contributed by atoms with Gasteiger partial charge in [0.2, 0.25) is 0 Å². The molecular formula is C12H24O4. The fraction of sp³-hybridized carbons (Fsp3) is 0.917. The summed E-state index contributed by atoms with van der Waals surface area (Å²) in [6.45, 7) is 4.37. The highest BCUT2D eigenvalue weighted by molar-refractivity contribution is 5.72. The van der Waals surface area contributed by atoms with Crippen molar-refractivity contribution in [1.82, 2.24) is 0 Å². The Labute approximate surface area is 97.9 Å². The van der Waals surface area contributed by atoms with Crippen LogP contribution in [0.2, 0.25) is 0 Å². The molecule has 0 aliphatic carbocycles. The zero-order valence-electron chi connectivity index (χ0n) is 10.7. The molecule has 4 nitrogen and oxygen atoms in total. The van der Waals surface area contributed by atoms with Gasteiger partial charge in [0, 0.05) is 13.0 Å². The lowest BCUT2D eigenvalue weighted by Gasteiger charge is -2.25. The summed E-state index contributed by atoms with van der Waals surface area (Å²) in [7, 11) is 2.94. The molecule has 0 saturated carbocycles. The number of methoxy groups -OCH3 is 2. The quantitative estimate of drug-likeness (QED) is 0.646. The molecule has 0 aromatic carbocycles. The Bertz CT molecular complexity index is 193. The van der Waals surface area contributed by atoms with E-state index in [9.17, 15) is 9.90 Å². The van der Waals surface area contributed by atoms with E-state index >= 15 is 0 Å². The summed E-state index contributed by atoms with van der Waals surface area (Å²) in [5.74, 6) is -0.829. The largest absolute Gasteiger partial charge is 0.469 e. The molecule has 0 aliphatic heterocycles. The molecule has 0 fully saturated rings. The maximum Gasteiger partial charge on any atom is 0.311 e. The second kappa shape index (κ2) is 8.53. The van der Waals surface area contributed by atoms with Crippen LogP contribution < -0.4 is 0 Å². The summed E-state index contributed by atoms with van der Waals surface area (Å²) in [5, 5.41) is 10.1. The van der Waals surface area contributed by atoms with Crippen LogP contribution in [0.4, 0.5) is 0 Å². The SMILES string of the molecule is CCCCC(C(=O)OC)C(O)C(C)COC. The molecule has 0 rings (SSSR count). The van der Waals surface area contributed by atoms with Crippen molar-refractivity contribution < 1.29 is 19.4 Å². The molecule has 0 spiro atoms. The molecule has 0 aromatic heterocycles. The first-order chi connectivity index (χ1) is 7.58. The van der Waals surface area contributed by atoms with Crippen LogP contribution in [-0.4, -0.2) is 38.0 Å². The molecule has 0 bridgehead atoms. The molecule has 4 heteroatoms. The molecule has 0 aromatic rings. The van der Waals surface area contributed by atoms with Gasteiger partial charge in [0.25, 0.3) is 0 Å². The van der Waals surface area contributed by atoms with E-state index in [4.69, 9.17) is 9.47 Å². The van der Waals surface area contributed by atoms with E-state index < -0.39 is 12.0 Å². The van der Waals surface area contributed by atoms with Crippen molar-refractivity contribution in [3.05, 3.63) is 0 Å². The summed E-state index contributed by atoms with van der Waals surface area (Å²) in [4.78, 5) is 11.5. The van der Waals surface area contributed by atoms with Crippen molar-refractivity contribution in [1.29, 1.82) is 0 Å². The Morgan fingerprint density at radius 3 is 2.44 bits per heavy atom. The van der Waals surface area contributed by atoms with E-state index in [2.05, 4.69) is 6.92 Å². The number of esters is 1. The molecular weight excluding hydrogens is 208 g/mol. The van der Waals surface area contributed by atoms with E-state index in [-0.39, 0.29) is 11.9 Å². The van der Waals surface area contributed by atoms with Crippen molar-refractivity contribution in [2.75, 3.05) is 20.8 Å². The maximum absolute atomic E-state index is 11.5. The third-order valence-corrected chi connectivity index (χ3v) is 2.80. The first kappa shape index (κ1) is 15.4. The fourth-order valence-electron chi connectivity index (χ4n) is 1.76. The first-order valence-electron chi connectivity index (χ1n) is 5.83. The Balaban J connectivity index is 4.41. The summed E-state index contributed by atoms with van der Waals surface area (Å²) < 4.78 is 9.70. The lowest BCUT2D eigenvalue weighted by molar-refractivity contribution is -0.151. The monoisotopic (exact) mass is 232 g/mol. The summed E-state index contributed by atoms with van der Waals surface area (Å²) >= 11 is 0. The molecule has 0 saturated heterocycles. The average Bonchev–Trinajstić information content (AvgIpc) is 2.29. The van der Waals surface area contributed by atoms with E-state index in [1.54, 1.807) is 7.11 Å². The van der Waals surface area contributed by atoms with Crippen LogP contribution in [0.15, 0.2) is 0 Å². The minimum Gasteiger partial charge on any atom is -0.469 e. The first-order valence-corrected chi connectivity index (χ1v) is 5.83. The normalized spacial score (nSPS) is 16.6. The second-order valence-electron chi connectivity index (χ2n) is 4.20. The molecule has 0 radical (unpaired) electrons. The highest BCUT2D eigenvalue weighted by Crippen LogP contribution is 2.21. The van der Waals surface area contributed by atoms with Gasteiger partial charge in [-0.2, -0.15) is 0 Å². The Morgan fingerprint density at radius 1 is 1.38 bits per heavy atom. The number of unbranched alkanes of at least 4 members (excludes halogenated alkanes) is 1. The van der Waals surface area contributed by atoms with Crippen molar-refractivity contribution >= 4 is 5.97 Å².